The highest BCUT2D eigenvalue weighted by Gasteiger charge is 2.28. The van der Waals surface area contributed by atoms with Gasteiger partial charge in [0.25, 0.3) is 0 Å². The quantitative estimate of drug-likeness (QED) is 0.568. The van der Waals surface area contributed by atoms with Crippen LogP contribution in [0.5, 0.6) is 0 Å². The normalized spacial score (nSPS) is 20.9. The summed E-state index contributed by atoms with van der Waals surface area (Å²) in [7, 11) is 0. The number of hydrogen-bond donors (Lipinski definition) is 4. The summed E-state index contributed by atoms with van der Waals surface area (Å²) in [4.78, 5) is 16.1. The summed E-state index contributed by atoms with van der Waals surface area (Å²) < 4.78 is 0. The highest BCUT2D eigenvalue weighted by Crippen LogP contribution is 2.22. The van der Waals surface area contributed by atoms with Gasteiger partial charge in [0, 0.05) is 25.3 Å². The van der Waals surface area contributed by atoms with Gasteiger partial charge >= 0.3 is 0 Å². The van der Waals surface area contributed by atoms with E-state index in [0.29, 0.717) is 35.0 Å². The van der Waals surface area contributed by atoms with E-state index in [0.717, 1.165) is 19.3 Å². The summed E-state index contributed by atoms with van der Waals surface area (Å²) in [5.41, 5.74) is 6.19. The Morgan fingerprint density at radius 3 is 2.95 bits per heavy atom. The van der Waals surface area contributed by atoms with Crippen molar-refractivity contribution in [3.05, 3.63) is 22.3 Å². The maximum Gasteiger partial charge on any atom is 0.238 e. The Bertz CT molecular complexity index is 514. The van der Waals surface area contributed by atoms with Crippen molar-refractivity contribution in [2.45, 2.75) is 38.3 Å². The van der Waals surface area contributed by atoms with Gasteiger partial charge in [-0.2, -0.15) is 0 Å². The number of carbonyl (C=O) groups excluding carboxylic acids is 1. The minimum absolute atomic E-state index is 0.00284. The highest BCUT2D eigenvalue weighted by atomic mass is 35.5. The number of anilines is 1. The van der Waals surface area contributed by atoms with Crippen molar-refractivity contribution >= 4 is 34.9 Å². The lowest BCUT2D eigenvalue weighted by Gasteiger charge is -2.12. The van der Waals surface area contributed by atoms with Crippen molar-refractivity contribution in [1.29, 1.82) is 0 Å². The monoisotopic (exact) mass is 345 g/mol. The van der Waals surface area contributed by atoms with Crippen LogP contribution in [0.25, 0.3) is 0 Å². The van der Waals surface area contributed by atoms with Crippen molar-refractivity contribution in [3.8, 4) is 0 Å². The van der Waals surface area contributed by atoms with Gasteiger partial charge in [0.15, 0.2) is 0 Å². The average Bonchev–Trinajstić information content (AvgIpc) is 2.94. The number of nitrogens with zero attached hydrogens (tertiary/aromatic N) is 1. The van der Waals surface area contributed by atoms with Crippen molar-refractivity contribution in [2.24, 2.45) is 0 Å². The molecule has 22 heavy (non-hydrogen) atoms. The molecule has 1 aromatic heterocycles. The number of hydrogen-bond acceptors (Lipinski definition) is 5. The van der Waals surface area contributed by atoms with Crippen LogP contribution < -0.4 is 21.5 Å². The molecule has 0 radical (unpaired) electrons. The van der Waals surface area contributed by atoms with E-state index in [9.17, 15) is 4.79 Å². The van der Waals surface area contributed by atoms with Crippen LogP contribution in [0.15, 0.2) is 12.3 Å². The topological polar surface area (TPSA) is 78.1 Å². The van der Waals surface area contributed by atoms with Crippen molar-refractivity contribution in [1.82, 2.24) is 21.2 Å². The molecule has 2 heterocycles. The summed E-state index contributed by atoms with van der Waals surface area (Å²) in [6, 6.07) is 1.82. The van der Waals surface area contributed by atoms with Gasteiger partial charge in [-0.15, -0.1) is 0 Å². The largest absolute Gasteiger partial charge is 0.367 e. The van der Waals surface area contributed by atoms with Gasteiger partial charge in [0.2, 0.25) is 5.91 Å². The minimum atomic E-state index is -0.172. The first-order chi connectivity index (χ1) is 10.6. The molecule has 0 aromatic carbocycles. The van der Waals surface area contributed by atoms with E-state index in [1.54, 1.807) is 6.07 Å². The van der Waals surface area contributed by atoms with E-state index >= 15 is 0 Å². The third-order valence-corrected chi connectivity index (χ3v) is 3.95. The Balaban J connectivity index is 1.67. The lowest BCUT2D eigenvalue weighted by Crippen LogP contribution is -2.44. The Morgan fingerprint density at radius 2 is 2.23 bits per heavy atom. The first-order valence-corrected chi connectivity index (χ1v) is 8.19. The van der Waals surface area contributed by atoms with Crippen LogP contribution in [0.3, 0.4) is 0 Å². The molecule has 1 saturated heterocycles. The standard InChI is InChI=1S/C14H21Cl2N5O/c1-2-3-10-7-12(21-20-10)14(22)18-5-4-17-13-11(16)6-9(15)8-19-13/h6,8,10,12,20-21H,2-5,7H2,1H3,(H,17,19)(H,18,22). The fourth-order valence-electron chi connectivity index (χ4n) is 2.37. The van der Waals surface area contributed by atoms with Crippen LogP contribution in [0.4, 0.5) is 5.82 Å². The number of nitrogens with one attached hydrogen (secondary N) is 4. The maximum atomic E-state index is 12.0. The van der Waals surface area contributed by atoms with Crippen LogP contribution in [-0.4, -0.2) is 36.1 Å². The molecule has 1 fully saturated rings. The molecule has 0 bridgehead atoms. The molecule has 0 saturated carbocycles. The smallest absolute Gasteiger partial charge is 0.238 e. The zero-order valence-electron chi connectivity index (χ0n) is 12.5. The van der Waals surface area contributed by atoms with Gasteiger partial charge in [0.1, 0.15) is 11.9 Å². The van der Waals surface area contributed by atoms with Gasteiger partial charge < -0.3 is 10.6 Å². The zero-order valence-corrected chi connectivity index (χ0v) is 14.0. The highest BCUT2D eigenvalue weighted by molar-refractivity contribution is 6.35. The number of hydrazine groups is 1. The summed E-state index contributed by atoms with van der Waals surface area (Å²) in [5.74, 6) is 0.562. The first-order valence-electron chi connectivity index (χ1n) is 7.43. The van der Waals surface area contributed by atoms with E-state index in [2.05, 4.69) is 33.4 Å². The maximum absolute atomic E-state index is 12.0. The molecule has 2 rings (SSSR count). The van der Waals surface area contributed by atoms with Gasteiger partial charge in [-0.3, -0.25) is 10.2 Å². The second-order valence-electron chi connectivity index (χ2n) is 5.26. The molecule has 122 valence electrons. The molecule has 8 heteroatoms. The van der Waals surface area contributed by atoms with Gasteiger partial charge in [-0.1, -0.05) is 36.5 Å². The zero-order chi connectivity index (χ0) is 15.9. The van der Waals surface area contributed by atoms with Crippen LogP contribution in [0, 0.1) is 0 Å². The average molecular weight is 346 g/mol. The fraction of sp³-hybridized carbons (Fsp3) is 0.571. The van der Waals surface area contributed by atoms with Gasteiger partial charge in [0.05, 0.1) is 10.0 Å². The lowest BCUT2D eigenvalue weighted by atomic mass is 10.1. The van der Waals surface area contributed by atoms with E-state index in [4.69, 9.17) is 23.2 Å². The Kier molecular flexibility index (Phi) is 6.70. The Labute approximate surface area is 140 Å². The molecule has 2 unspecified atom stereocenters. The summed E-state index contributed by atoms with van der Waals surface area (Å²) in [6.07, 6.45) is 4.51. The van der Waals surface area contributed by atoms with Crippen LogP contribution in [0.1, 0.15) is 26.2 Å². The Hall–Kier alpha value is -1.08. The first kappa shape index (κ1) is 17.3. The number of rotatable bonds is 7. The predicted molar refractivity (Wildman–Crippen MR) is 89.1 cm³/mol. The second kappa shape index (κ2) is 8.53. The summed E-state index contributed by atoms with van der Waals surface area (Å²) in [6.45, 7) is 3.17. The number of amides is 1. The minimum Gasteiger partial charge on any atom is -0.367 e. The fourth-order valence-corrected chi connectivity index (χ4v) is 2.81. The summed E-state index contributed by atoms with van der Waals surface area (Å²) in [5, 5.41) is 6.90. The SMILES string of the molecule is CCCC1CC(C(=O)NCCNc2ncc(Cl)cc2Cl)NN1. The predicted octanol–water partition coefficient (Wildman–Crippen LogP) is 1.95. The lowest BCUT2D eigenvalue weighted by molar-refractivity contribution is -0.122. The van der Waals surface area contributed by atoms with Crippen molar-refractivity contribution in [2.75, 3.05) is 18.4 Å². The van der Waals surface area contributed by atoms with Crippen LogP contribution in [0.2, 0.25) is 10.0 Å². The van der Waals surface area contributed by atoms with E-state index in [-0.39, 0.29) is 11.9 Å². The number of carbonyl (C=O) groups is 1. The van der Waals surface area contributed by atoms with Crippen LogP contribution >= 0.6 is 23.2 Å². The van der Waals surface area contributed by atoms with E-state index < -0.39 is 0 Å². The molecule has 4 N–H and O–H groups in total. The number of pyridine rings is 1. The molecule has 1 aliphatic rings. The Morgan fingerprint density at radius 1 is 1.41 bits per heavy atom. The molecule has 1 aliphatic heterocycles. The molecule has 2 atom stereocenters. The molecule has 6 nitrogen and oxygen atoms in total. The van der Waals surface area contributed by atoms with E-state index in [1.807, 2.05) is 0 Å². The van der Waals surface area contributed by atoms with Gasteiger partial charge in [-0.05, 0) is 18.9 Å². The molecule has 0 aliphatic carbocycles. The number of aromatic nitrogens is 1. The van der Waals surface area contributed by atoms with Crippen molar-refractivity contribution < 1.29 is 4.79 Å². The van der Waals surface area contributed by atoms with Gasteiger partial charge in [-0.25, -0.2) is 10.4 Å². The van der Waals surface area contributed by atoms with Crippen molar-refractivity contribution in [3.63, 3.8) is 0 Å². The third kappa shape index (κ3) is 4.98. The molecular weight excluding hydrogens is 325 g/mol. The molecule has 0 spiro atoms. The summed E-state index contributed by atoms with van der Waals surface area (Å²) >= 11 is 11.8. The number of halogens is 2. The molecule has 1 amide bonds. The third-order valence-electron chi connectivity index (χ3n) is 3.46. The van der Waals surface area contributed by atoms with E-state index in [1.165, 1.54) is 6.20 Å². The molecular formula is C14H21Cl2N5O. The second-order valence-corrected chi connectivity index (χ2v) is 6.11. The van der Waals surface area contributed by atoms with Crippen LogP contribution in [-0.2, 0) is 4.79 Å². The molecule has 1 aromatic rings.